The van der Waals surface area contributed by atoms with Crippen molar-refractivity contribution < 1.29 is 71.7 Å². The number of pyridine rings is 2. The lowest BCUT2D eigenvalue weighted by molar-refractivity contribution is -0.190. The van der Waals surface area contributed by atoms with Gasteiger partial charge in [0.2, 0.25) is 18.1 Å². The molecule has 0 radical (unpaired) electrons. The van der Waals surface area contributed by atoms with Crippen molar-refractivity contribution in [2.24, 2.45) is 11.8 Å². The van der Waals surface area contributed by atoms with Gasteiger partial charge in [-0.15, -0.1) is 0 Å². The average molecular weight is 1020 g/mol. The lowest BCUT2D eigenvalue weighted by Crippen LogP contribution is -2.48. The summed E-state index contributed by atoms with van der Waals surface area (Å²) < 4.78 is 59.4. The second kappa shape index (κ2) is 18.9. The Labute approximate surface area is 429 Å². The Balaban J connectivity index is 0.832. The molecule has 11 rings (SSSR count). The number of rotatable bonds is 14. The number of carbonyl (C=O) groups is 4. The number of phenolic OH excluding ortho intramolecular Hbond substituents is 1. The maximum Gasteiger partial charge on any atom is 0.355 e. The van der Waals surface area contributed by atoms with Gasteiger partial charge in [-0.3, -0.25) is 9.59 Å². The van der Waals surface area contributed by atoms with E-state index in [-0.39, 0.29) is 61.2 Å². The van der Waals surface area contributed by atoms with Gasteiger partial charge < -0.3 is 61.9 Å². The van der Waals surface area contributed by atoms with Crippen molar-refractivity contribution >= 4 is 34.8 Å². The second-order valence-corrected chi connectivity index (χ2v) is 19.2. The Kier molecular flexibility index (Phi) is 12.3. The summed E-state index contributed by atoms with van der Waals surface area (Å²) in [5, 5.41) is 11.8. The summed E-state index contributed by atoms with van der Waals surface area (Å²) >= 11 is 0. The predicted octanol–water partition coefficient (Wildman–Crippen LogP) is 6.63. The fourth-order valence-electron chi connectivity index (χ4n) is 11.5. The Morgan fingerprint density at radius 1 is 0.853 bits per heavy atom. The molecule has 19 nitrogen and oxygen atoms in total. The first-order chi connectivity index (χ1) is 36.2. The highest BCUT2D eigenvalue weighted by atomic mass is 16.7. The molecule has 1 N–H and O–H groups in total. The molecule has 1 saturated heterocycles. The van der Waals surface area contributed by atoms with E-state index in [0.29, 0.717) is 75.3 Å². The van der Waals surface area contributed by atoms with Crippen LogP contribution in [0, 0.1) is 11.8 Å². The zero-order chi connectivity index (χ0) is 52.6. The van der Waals surface area contributed by atoms with E-state index in [9.17, 15) is 29.1 Å². The molecule has 75 heavy (non-hydrogen) atoms. The van der Waals surface area contributed by atoms with Crippen LogP contribution in [0.2, 0.25) is 0 Å². The highest BCUT2D eigenvalue weighted by Gasteiger charge is 2.55. The molecule has 1 aliphatic carbocycles. The number of phenols is 1. The van der Waals surface area contributed by atoms with Crippen LogP contribution >= 0.6 is 0 Å². The molecule has 4 aliphatic heterocycles. The molecule has 0 bridgehead atoms. The number of aromatic hydroxyl groups is 1. The van der Waals surface area contributed by atoms with E-state index in [2.05, 4.69) is 0 Å². The lowest BCUT2D eigenvalue weighted by Gasteiger charge is -2.38. The SMILES string of the molecule is CCc1c2c(nc3ccc(O)c(CN(C)C)c13)-c1cc3c(c(=O)n1C2)COC(=O)C3(CC)OC(=O)COc1ccc(C(=O)OC2c3cc4c(cc3C(c3cc(OC)c(OC)c(OC)c3)[C@H]3C(=O)OC[C@@H]23)OCO4)cc1. The lowest BCUT2D eigenvalue weighted by atomic mass is 9.66. The van der Waals surface area contributed by atoms with E-state index in [1.54, 1.807) is 54.0 Å². The van der Waals surface area contributed by atoms with Crippen LogP contribution in [-0.2, 0) is 65.0 Å². The molecule has 1 fully saturated rings. The zero-order valence-corrected chi connectivity index (χ0v) is 42.2. The van der Waals surface area contributed by atoms with E-state index in [1.807, 2.05) is 25.9 Å². The quantitative estimate of drug-likeness (QED) is 0.0893. The van der Waals surface area contributed by atoms with Crippen LogP contribution in [0.15, 0.2) is 71.5 Å². The van der Waals surface area contributed by atoms with Crippen molar-refractivity contribution in [3.8, 4) is 51.6 Å². The fourth-order valence-corrected chi connectivity index (χ4v) is 11.5. The third-order valence-corrected chi connectivity index (χ3v) is 15.0. The molecular formula is C56H53N3O16. The van der Waals surface area contributed by atoms with Gasteiger partial charge >= 0.3 is 23.9 Å². The number of hydrogen-bond acceptors (Lipinski definition) is 18. The molecule has 0 spiro atoms. The predicted molar refractivity (Wildman–Crippen MR) is 265 cm³/mol. The van der Waals surface area contributed by atoms with Crippen LogP contribution in [0.1, 0.15) is 87.2 Å². The molecule has 388 valence electrons. The largest absolute Gasteiger partial charge is 0.508 e. The van der Waals surface area contributed by atoms with Gasteiger partial charge in [-0.25, -0.2) is 19.4 Å². The number of carbonyl (C=O) groups excluding carboxylic acids is 4. The first kappa shape index (κ1) is 48.9. The standard InChI is InChI=1S/C56H53N3O16/c1-8-30-33-22-59-39(49(33)57-38-14-15-40(60)34(47(30)38)21-58(3)4)20-37-35(52(59)62)23-71-55(65)56(37,9-2)75-45(61)25-69-29-12-10-27(11-13-29)53(63)74-50-32-19-42-41(72-26-73-42)18-31(32)46(48-36(50)24-70-54(48)64)28-16-43(66-5)51(68-7)44(17-28)67-6/h10-20,36,46,48,50,60H,8-9,21-26H2,1-7H3/t36-,46?,48+,50?,56?/m1/s1. The number of methoxy groups -OCH3 is 3. The maximum atomic E-state index is 14.4. The summed E-state index contributed by atoms with van der Waals surface area (Å²) in [5.41, 5.74) is 4.30. The van der Waals surface area contributed by atoms with Crippen LogP contribution in [0.3, 0.4) is 0 Å². The third kappa shape index (κ3) is 7.89. The molecular weight excluding hydrogens is 971 g/mol. The van der Waals surface area contributed by atoms with Gasteiger partial charge in [0.05, 0.1) is 68.4 Å². The molecule has 0 saturated carbocycles. The first-order valence-electron chi connectivity index (χ1n) is 24.5. The van der Waals surface area contributed by atoms with Gasteiger partial charge in [0.15, 0.2) is 29.6 Å². The second-order valence-electron chi connectivity index (χ2n) is 19.2. The van der Waals surface area contributed by atoms with Crippen molar-refractivity contribution in [3.05, 3.63) is 127 Å². The first-order valence-corrected chi connectivity index (χ1v) is 24.5. The number of nitrogens with zero attached hydrogens (tertiary/aromatic N) is 3. The number of benzene rings is 4. The summed E-state index contributed by atoms with van der Waals surface area (Å²) in [5.74, 6) is -2.46. The topological polar surface area (TPSA) is 219 Å². The van der Waals surface area contributed by atoms with Crippen LogP contribution in [0.4, 0.5) is 0 Å². The fraction of sp³-hybridized carbons (Fsp3) is 0.357. The minimum Gasteiger partial charge on any atom is -0.508 e. The van der Waals surface area contributed by atoms with Crippen LogP contribution in [0.25, 0.3) is 22.3 Å². The molecule has 6 heterocycles. The molecule has 0 amide bonds. The zero-order valence-electron chi connectivity index (χ0n) is 42.2. The highest BCUT2D eigenvalue weighted by Crippen LogP contribution is 2.57. The maximum absolute atomic E-state index is 14.4. The summed E-state index contributed by atoms with van der Waals surface area (Å²) in [6, 6.07) is 18.1. The number of aryl methyl sites for hydroxylation is 1. The normalized spacial score (nSPS) is 20.5. The number of hydrogen-bond donors (Lipinski definition) is 1. The van der Waals surface area contributed by atoms with Crippen molar-refractivity contribution in [1.29, 1.82) is 0 Å². The number of esters is 4. The molecule has 4 aromatic carbocycles. The molecule has 19 heteroatoms. The molecule has 2 aromatic heterocycles. The monoisotopic (exact) mass is 1020 g/mol. The van der Waals surface area contributed by atoms with Gasteiger partial charge in [-0.1, -0.05) is 13.8 Å². The van der Waals surface area contributed by atoms with Gasteiger partial charge in [0, 0.05) is 46.0 Å². The smallest absolute Gasteiger partial charge is 0.355 e. The number of cyclic esters (lactones) is 2. The summed E-state index contributed by atoms with van der Waals surface area (Å²) in [4.78, 5) is 76.7. The van der Waals surface area contributed by atoms with Crippen molar-refractivity contribution in [2.45, 2.75) is 64.0 Å². The van der Waals surface area contributed by atoms with E-state index < -0.39 is 65.5 Å². The van der Waals surface area contributed by atoms with Crippen LogP contribution < -0.4 is 34.0 Å². The summed E-state index contributed by atoms with van der Waals surface area (Å²) in [6.45, 7) is 3.38. The number of ether oxygens (including phenoxy) is 10. The summed E-state index contributed by atoms with van der Waals surface area (Å²) in [7, 11) is 8.35. The van der Waals surface area contributed by atoms with Gasteiger partial charge in [0.25, 0.3) is 5.56 Å². The van der Waals surface area contributed by atoms with E-state index in [4.69, 9.17) is 52.4 Å². The summed E-state index contributed by atoms with van der Waals surface area (Å²) in [6.07, 6.45) is -0.403. The molecule has 6 aromatic rings. The highest BCUT2D eigenvalue weighted by molar-refractivity contribution is 5.93. The Morgan fingerprint density at radius 2 is 1.57 bits per heavy atom. The van der Waals surface area contributed by atoms with Crippen LogP contribution in [0.5, 0.6) is 40.2 Å². The van der Waals surface area contributed by atoms with E-state index >= 15 is 0 Å². The minimum atomic E-state index is -1.98. The Hall–Kier alpha value is -8.32. The van der Waals surface area contributed by atoms with Gasteiger partial charge in [0.1, 0.15) is 24.2 Å². The molecule has 5 aliphatic rings. The van der Waals surface area contributed by atoms with Gasteiger partial charge in [-0.05, 0) is 110 Å². The van der Waals surface area contributed by atoms with Gasteiger partial charge in [-0.2, -0.15) is 0 Å². The minimum absolute atomic E-state index is 0.0142. The van der Waals surface area contributed by atoms with Crippen molar-refractivity contribution in [1.82, 2.24) is 14.5 Å². The molecule has 3 unspecified atom stereocenters. The average Bonchev–Trinajstić information content (AvgIpc) is 4.15. The van der Waals surface area contributed by atoms with Crippen LogP contribution in [-0.4, -0.2) is 98.9 Å². The Morgan fingerprint density at radius 3 is 2.24 bits per heavy atom. The molecule has 5 atom stereocenters. The van der Waals surface area contributed by atoms with Crippen molar-refractivity contribution in [3.63, 3.8) is 0 Å². The number of fused-ring (bicyclic) bond motifs is 8. The van der Waals surface area contributed by atoms with Crippen molar-refractivity contribution in [2.75, 3.05) is 55.4 Å². The Bertz CT molecular complexity index is 3420. The number of aromatic nitrogens is 2. The van der Waals surface area contributed by atoms with E-state index in [1.165, 1.54) is 45.6 Å². The van der Waals surface area contributed by atoms with E-state index in [0.717, 1.165) is 22.1 Å². The third-order valence-electron chi connectivity index (χ3n) is 15.0.